The second kappa shape index (κ2) is 8.34. The van der Waals surface area contributed by atoms with E-state index in [4.69, 9.17) is 0 Å². The van der Waals surface area contributed by atoms with Crippen molar-refractivity contribution in [3.8, 4) is 0 Å². The third kappa shape index (κ3) is 4.97. The van der Waals surface area contributed by atoms with Gasteiger partial charge in [-0.1, -0.05) is 6.42 Å². The lowest BCUT2D eigenvalue weighted by atomic mass is 10.0. The number of rotatable bonds is 7. The summed E-state index contributed by atoms with van der Waals surface area (Å²) >= 11 is 0. The number of hydrogen-bond donors (Lipinski definition) is 2. The van der Waals surface area contributed by atoms with E-state index in [1.54, 1.807) is 4.90 Å². The molecule has 0 aromatic heterocycles. The molecule has 1 atom stereocenters. The molecule has 2 amide bonds. The number of carbonyl (C=O) groups is 2. The number of nitrogens with zero attached hydrogens (tertiary/aromatic N) is 2. The first-order valence-corrected chi connectivity index (χ1v) is 8.10. The molecule has 0 aliphatic carbocycles. The molecule has 0 radical (unpaired) electrons. The standard InChI is InChI=1S/C15H27N3O3/c19-12-13-4-1-2-8-17(13)11-7-16-14(20)6-10-18-9-3-5-15(18)21/h13,19H,1-12H2,(H,16,20)/t13-/m1/s1. The Hall–Kier alpha value is -1.14. The van der Waals surface area contributed by atoms with E-state index in [9.17, 15) is 14.7 Å². The predicted molar refractivity (Wildman–Crippen MR) is 79.7 cm³/mol. The van der Waals surface area contributed by atoms with Crippen LogP contribution in [0.5, 0.6) is 0 Å². The molecule has 2 fully saturated rings. The van der Waals surface area contributed by atoms with Crippen molar-refractivity contribution in [2.45, 2.75) is 44.6 Å². The summed E-state index contributed by atoms with van der Waals surface area (Å²) in [6.45, 7) is 3.93. The maximum Gasteiger partial charge on any atom is 0.222 e. The molecule has 6 nitrogen and oxygen atoms in total. The van der Waals surface area contributed by atoms with Crippen LogP contribution in [0.15, 0.2) is 0 Å². The van der Waals surface area contributed by atoms with Gasteiger partial charge in [-0.15, -0.1) is 0 Å². The molecule has 2 heterocycles. The smallest absolute Gasteiger partial charge is 0.222 e. The van der Waals surface area contributed by atoms with Gasteiger partial charge in [0.2, 0.25) is 11.8 Å². The average Bonchev–Trinajstić information content (AvgIpc) is 2.91. The summed E-state index contributed by atoms with van der Waals surface area (Å²) in [5.74, 6) is 0.175. The SMILES string of the molecule is O=C(CCN1CCCC1=O)NCCN1CCCC[C@@H]1CO. The van der Waals surface area contributed by atoms with E-state index in [0.29, 0.717) is 25.9 Å². The van der Waals surface area contributed by atoms with Gasteiger partial charge < -0.3 is 15.3 Å². The number of nitrogens with one attached hydrogen (secondary N) is 1. The molecule has 120 valence electrons. The Morgan fingerprint density at radius 3 is 2.81 bits per heavy atom. The molecule has 6 heteroatoms. The van der Waals surface area contributed by atoms with Gasteiger partial charge in [0.15, 0.2) is 0 Å². The van der Waals surface area contributed by atoms with E-state index in [1.807, 2.05) is 0 Å². The van der Waals surface area contributed by atoms with Crippen LogP contribution in [-0.4, -0.2) is 72.1 Å². The Balaban J connectivity index is 1.59. The first-order valence-electron chi connectivity index (χ1n) is 8.10. The number of carbonyl (C=O) groups excluding carboxylic acids is 2. The van der Waals surface area contributed by atoms with Gasteiger partial charge in [0.25, 0.3) is 0 Å². The fraction of sp³-hybridized carbons (Fsp3) is 0.867. The first-order chi connectivity index (χ1) is 10.2. The van der Waals surface area contributed by atoms with Crippen molar-refractivity contribution in [1.82, 2.24) is 15.1 Å². The zero-order valence-corrected chi connectivity index (χ0v) is 12.7. The van der Waals surface area contributed by atoms with Gasteiger partial charge in [-0.05, 0) is 25.8 Å². The highest BCUT2D eigenvalue weighted by Crippen LogP contribution is 2.15. The van der Waals surface area contributed by atoms with Crippen LogP contribution in [0.1, 0.15) is 38.5 Å². The summed E-state index contributed by atoms with van der Waals surface area (Å²) in [5, 5.41) is 12.2. The van der Waals surface area contributed by atoms with Gasteiger partial charge >= 0.3 is 0 Å². The molecular weight excluding hydrogens is 270 g/mol. The Morgan fingerprint density at radius 1 is 1.24 bits per heavy atom. The van der Waals surface area contributed by atoms with Crippen LogP contribution in [0.25, 0.3) is 0 Å². The van der Waals surface area contributed by atoms with E-state index < -0.39 is 0 Å². The van der Waals surface area contributed by atoms with Crippen LogP contribution in [-0.2, 0) is 9.59 Å². The minimum Gasteiger partial charge on any atom is -0.395 e. The monoisotopic (exact) mass is 297 g/mol. The van der Waals surface area contributed by atoms with Gasteiger partial charge in [0.1, 0.15) is 0 Å². The highest BCUT2D eigenvalue weighted by Gasteiger charge is 2.22. The zero-order chi connectivity index (χ0) is 15.1. The fourth-order valence-electron chi connectivity index (χ4n) is 3.17. The van der Waals surface area contributed by atoms with Gasteiger partial charge in [-0.3, -0.25) is 14.5 Å². The summed E-state index contributed by atoms with van der Waals surface area (Å²) in [7, 11) is 0. The number of piperidine rings is 1. The Kier molecular flexibility index (Phi) is 6.45. The van der Waals surface area contributed by atoms with Crippen molar-refractivity contribution in [2.24, 2.45) is 0 Å². The van der Waals surface area contributed by atoms with E-state index in [0.717, 1.165) is 32.5 Å². The normalized spacial score (nSPS) is 23.6. The van der Waals surface area contributed by atoms with Crippen LogP contribution in [0.4, 0.5) is 0 Å². The quantitative estimate of drug-likeness (QED) is 0.692. The Morgan fingerprint density at radius 2 is 2.10 bits per heavy atom. The molecule has 0 bridgehead atoms. The van der Waals surface area contributed by atoms with Crippen molar-refractivity contribution in [1.29, 1.82) is 0 Å². The van der Waals surface area contributed by atoms with Crippen molar-refractivity contribution in [3.63, 3.8) is 0 Å². The molecule has 0 unspecified atom stereocenters. The molecule has 0 saturated carbocycles. The number of hydrogen-bond acceptors (Lipinski definition) is 4. The maximum atomic E-state index is 11.8. The van der Waals surface area contributed by atoms with Crippen molar-refractivity contribution in [3.05, 3.63) is 0 Å². The van der Waals surface area contributed by atoms with Crippen LogP contribution in [0.2, 0.25) is 0 Å². The van der Waals surface area contributed by atoms with Gasteiger partial charge in [0.05, 0.1) is 6.61 Å². The Labute approximate surface area is 126 Å². The van der Waals surface area contributed by atoms with Crippen LogP contribution in [0, 0.1) is 0 Å². The third-order valence-electron chi connectivity index (χ3n) is 4.46. The molecule has 0 aromatic carbocycles. The van der Waals surface area contributed by atoms with E-state index in [1.165, 1.54) is 12.8 Å². The number of amides is 2. The summed E-state index contributed by atoms with van der Waals surface area (Å²) in [4.78, 5) is 27.3. The predicted octanol–water partition coefficient (Wildman–Crippen LogP) is -0.0381. The van der Waals surface area contributed by atoms with Crippen molar-refractivity contribution in [2.75, 3.05) is 39.3 Å². The largest absolute Gasteiger partial charge is 0.395 e. The minimum atomic E-state index is 0.00672. The maximum absolute atomic E-state index is 11.8. The van der Waals surface area contributed by atoms with Crippen LogP contribution in [0.3, 0.4) is 0 Å². The fourth-order valence-corrected chi connectivity index (χ4v) is 3.17. The second-order valence-electron chi connectivity index (χ2n) is 5.95. The second-order valence-corrected chi connectivity index (χ2v) is 5.95. The summed E-state index contributed by atoms with van der Waals surface area (Å²) < 4.78 is 0. The lowest BCUT2D eigenvalue weighted by Gasteiger charge is -2.34. The molecule has 2 rings (SSSR count). The number of aliphatic hydroxyl groups is 1. The molecule has 21 heavy (non-hydrogen) atoms. The van der Waals surface area contributed by atoms with E-state index >= 15 is 0 Å². The van der Waals surface area contributed by atoms with Crippen molar-refractivity contribution < 1.29 is 14.7 Å². The molecule has 0 aromatic rings. The molecule has 2 aliphatic rings. The highest BCUT2D eigenvalue weighted by atomic mass is 16.3. The topological polar surface area (TPSA) is 72.9 Å². The number of aliphatic hydroxyl groups excluding tert-OH is 1. The lowest BCUT2D eigenvalue weighted by Crippen LogP contribution is -2.45. The van der Waals surface area contributed by atoms with Crippen molar-refractivity contribution >= 4 is 11.8 Å². The zero-order valence-electron chi connectivity index (χ0n) is 12.7. The Bertz CT molecular complexity index is 362. The third-order valence-corrected chi connectivity index (χ3v) is 4.46. The van der Waals surface area contributed by atoms with E-state index in [-0.39, 0.29) is 24.5 Å². The molecule has 0 spiro atoms. The average molecular weight is 297 g/mol. The van der Waals surface area contributed by atoms with Crippen LogP contribution >= 0.6 is 0 Å². The highest BCUT2D eigenvalue weighted by molar-refractivity contribution is 5.80. The molecule has 2 aliphatic heterocycles. The summed E-state index contributed by atoms with van der Waals surface area (Å²) in [6, 6.07) is 0.248. The summed E-state index contributed by atoms with van der Waals surface area (Å²) in [5.41, 5.74) is 0. The van der Waals surface area contributed by atoms with Gasteiger partial charge in [-0.25, -0.2) is 0 Å². The molecular formula is C15H27N3O3. The van der Waals surface area contributed by atoms with Crippen LogP contribution < -0.4 is 5.32 Å². The lowest BCUT2D eigenvalue weighted by molar-refractivity contribution is -0.128. The van der Waals surface area contributed by atoms with Gasteiger partial charge in [-0.2, -0.15) is 0 Å². The minimum absolute atomic E-state index is 0.00672. The first kappa shape index (κ1) is 16.2. The summed E-state index contributed by atoms with van der Waals surface area (Å²) in [6.07, 6.45) is 5.31. The molecule has 2 N–H and O–H groups in total. The van der Waals surface area contributed by atoms with E-state index in [2.05, 4.69) is 10.2 Å². The van der Waals surface area contributed by atoms with Gasteiger partial charge in [0, 0.05) is 45.1 Å². The number of likely N-dealkylation sites (tertiary alicyclic amines) is 2. The molecule has 2 saturated heterocycles.